The van der Waals surface area contributed by atoms with E-state index < -0.39 is 5.97 Å². The molecule has 2 aromatic carbocycles. The Balaban J connectivity index is 2.08. The van der Waals surface area contributed by atoms with Crippen LogP contribution in [-0.4, -0.2) is 26.8 Å². The lowest BCUT2D eigenvalue weighted by molar-refractivity contribution is -0.129. The van der Waals surface area contributed by atoms with Crippen molar-refractivity contribution in [2.24, 2.45) is 0 Å². The van der Waals surface area contributed by atoms with Gasteiger partial charge in [-0.3, -0.25) is 0 Å². The van der Waals surface area contributed by atoms with E-state index >= 15 is 0 Å². The molecule has 0 fully saturated rings. The molecule has 5 nitrogen and oxygen atoms in total. The van der Waals surface area contributed by atoms with Crippen LogP contribution in [0.2, 0.25) is 0 Å². The fourth-order valence-corrected chi connectivity index (χ4v) is 2.07. The van der Waals surface area contributed by atoms with E-state index in [1.807, 2.05) is 13.0 Å². The van der Waals surface area contributed by atoms with Gasteiger partial charge in [-0.1, -0.05) is 18.2 Å². The largest absolute Gasteiger partial charge is 0.493 e. The van der Waals surface area contributed by atoms with Gasteiger partial charge in [-0.2, -0.15) is 0 Å². The molecule has 5 heteroatoms. The molecule has 0 spiro atoms. The first kappa shape index (κ1) is 17.4. The van der Waals surface area contributed by atoms with Crippen molar-refractivity contribution in [3.63, 3.8) is 0 Å². The van der Waals surface area contributed by atoms with E-state index in [9.17, 15) is 4.79 Å². The fraction of sp³-hybridized carbons (Fsp3) is 0.211. The molecule has 0 aliphatic rings. The van der Waals surface area contributed by atoms with Crippen molar-refractivity contribution in [1.29, 1.82) is 0 Å². The van der Waals surface area contributed by atoms with Gasteiger partial charge >= 0.3 is 5.97 Å². The molecule has 0 radical (unpaired) electrons. The van der Waals surface area contributed by atoms with Gasteiger partial charge in [-0.05, 0) is 42.8 Å². The molecule has 0 aliphatic carbocycles. The highest BCUT2D eigenvalue weighted by Gasteiger charge is 2.07. The first-order chi connectivity index (χ1) is 11.7. The van der Waals surface area contributed by atoms with Gasteiger partial charge in [-0.25, -0.2) is 4.79 Å². The normalized spacial score (nSPS) is 10.5. The second-order valence-electron chi connectivity index (χ2n) is 4.75. The van der Waals surface area contributed by atoms with Crippen molar-refractivity contribution in [3.05, 3.63) is 54.1 Å². The van der Waals surface area contributed by atoms with Crippen molar-refractivity contribution in [1.82, 2.24) is 0 Å². The van der Waals surface area contributed by atoms with E-state index in [2.05, 4.69) is 0 Å². The SMILES string of the molecule is CCOc1ccc(/C=C/C(=O)Oc2ccccc2OC)cc1OC. The monoisotopic (exact) mass is 328 g/mol. The number of ether oxygens (including phenoxy) is 4. The van der Waals surface area contributed by atoms with Crippen LogP contribution in [0.25, 0.3) is 6.08 Å². The summed E-state index contributed by atoms with van der Waals surface area (Å²) in [4.78, 5) is 12.0. The third-order valence-electron chi connectivity index (χ3n) is 3.18. The lowest BCUT2D eigenvalue weighted by Crippen LogP contribution is -2.04. The Morgan fingerprint density at radius 1 is 0.958 bits per heavy atom. The Bertz CT molecular complexity index is 721. The average Bonchev–Trinajstić information content (AvgIpc) is 2.61. The molecule has 0 bridgehead atoms. The van der Waals surface area contributed by atoms with Crippen LogP contribution in [0.1, 0.15) is 12.5 Å². The highest BCUT2D eigenvalue weighted by molar-refractivity contribution is 5.89. The van der Waals surface area contributed by atoms with Crippen LogP contribution in [0.5, 0.6) is 23.0 Å². The summed E-state index contributed by atoms with van der Waals surface area (Å²) in [6.45, 7) is 2.46. The average molecular weight is 328 g/mol. The van der Waals surface area contributed by atoms with E-state index in [4.69, 9.17) is 18.9 Å². The summed E-state index contributed by atoms with van der Waals surface area (Å²) in [6, 6.07) is 12.4. The van der Waals surface area contributed by atoms with E-state index in [1.54, 1.807) is 49.6 Å². The molecule has 0 N–H and O–H groups in total. The van der Waals surface area contributed by atoms with Crippen molar-refractivity contribution >= 4 is 12.0 Å². The number of esters is 1. The van der Waals surface area contributed by atoms with Crippen molar-refractivity contribution in [2.45, 2.75) is 6.92 Å². The summed E-state index contributed by atoms with van der Waals surface area (Å²) in [6.07, 6.45) is 3.00. The van der Waals surface area contributed by atoms with E-state index in [-0.39, 0.29) is 0 Å². The van der Waals surface area contributed by atoms with E-state index in [1.165, 1.54) is 13.2 Å². The number of carbonyl (C=O) groups excluding carboxylic acids is 1. The fourth-order valence-electron chi connectivity index (χ4n) is 2.07. The zero-order valence-corrected chi connectivity index (χ0v) is 13.9. The molecule has 0 aliphatic heterocycles. The summed E-state index contributed by atoms with van der Waals surface area (Å²) in [5, 5.41) is 0. The number of carbonyl (C=O) groups is 1. The highest BCUT2D eigenvalue weighted by atomic mass is 16.6. The quantitative estimate of drug-likeness (QED) is 0.440. The maximum atomic E-state index is 12.0. The van der Waals surface area contributed by atoms with E-state index in [0.717, 1.165) is 5.56 Å². The minimum atomic E-state index is -0.493. The second-order valence-corrected chi connectivity index (χ2v) is 4.75. The maximum Gasteiger partial charge on any atom is 0.336 e. The van der Waals surface area contributed by atoms with Gasteiger partial charge in [0.2, 0.25) is 0 Å². The summed E-state index contributed by atoms with van der Waals surface area (Å²) >= 11 is 0. The molecule has 126 valence electrons. The Morgan fingerprint density at radius 3 is 2.33 bits per heavy atom. The minimum Gasteiger partial charge on any atom is -0.493 e. The zero-order chi connectivity index (χ0) is 17.4. The van der Waals surface area contributed by atoms with Crippen molar-refractivity contribution in [2.75, 3.05) is 20.8 Å². The molecule has 0 aromatic heterocycles. The van der Waals surface area contributed by atoms with Crippen LogP contribution in [0.3, 0.4) is 0 Å². The number of benzene rings is 2. The van der Waals surface area contributed by atoms with Crippen LogP contribution in [0, 0.1) is 0 Å². The number of hydrogen-bond donors (Lipinski definition) is 0. The van der Waals surface area contributed by atoms with Crippen LogP contribution in [0.4, 0.5) is 0 Å². The predicted octanol–water partition coefficient (Wildman–Crippen LogP) is 3.72. The smallest absolute Gasteiger partial charge is 0.336 e. The molecule has 2 aromatic rings. The Morgan fingerprint density at radius 2 is 1.67 bits per heavy atom. The van der Waals surface area contributed by atoms with Crippen molar-refractivity contribution < 1.29 is 23.7 Å². The van der Waals surface area contributed by atoms with Crippen molar-refractivity contribution in [3.8, 4) is 23.0 Å². The number of rotatable bonds is 7. The summed E-state index contributed by atoms with van der Waals surface area (Å²) in [5.74, 6) is 1.65. The Kier molecular flexibility index (Phi) is 6.25. The summed E-state index contributed by atoms with van der Waals surface area (Å²) in [5.41, 5.74) is 0.798. The summed E-state index contributed by atoms with van der Waals surface area (Å²) in [7, 11) is 3.09. The molecule has 24 heavy (non-hydrogen) atoms. The number of methoxy groups -OCH3 is 2. The maximum absolute atomic E-state index is 12.0. The van der Waals surface area contributed by atoms with Gasteiger partial charge in [0.25, 0.3) is 0 Å². The third kappa shape index (κ3) is 4.52. The van der Waals surface area contributed by atoms with Gasteiger partial charge in [0, 0.05) is 6.08 Å². The van der Waals surface area contributed by atoms with Crippen LogP contribution in [-0.2, 0) is 4.79 Å². The van der Waals surface area contributed by atoms with Crippen LogP contribution >= 0.6 is 0 Å². The third-order valence-corrected chi connectivity index (χ3v) is 3.18. The Labute approximate surface area is 141 Å². The van der Waals surface area contributed by atoms with Gasteiger partial charge in [0.1, 0.15) is 0 Å². The molecule has 0 amide bonds. The Hall–Kier alpha value is -2.95. The zero-order valence-electron chi connectivity index (χ0n) is 13.9. The standard InChI is InChI=1S/C19H20O5/c1-4-23-16-11-9-14(13-18(16)22-3)10-12-19(20)24-17-8-6-5-7-15(17)21-2/h5-13H,4H2,1-3H3/b12-10+. The second kappa shape index (κ2) is 8.62. The lowest BCUT2D eigenvalue weighted by atomic mass is 10.2. The number of para-hydroxylation sites is 2. The highest BCUT2D eigenvalue weighted by Crippen LogP contribution is 2.29. The lowest BCUT2D eigenvalue weighted by Gasteiger charge is -2.09. The predicted molar refractivity (Wildman–Crippen MR) is 91.8 cm³/mol. The molecular formula is C19H20O5. The van der Waals surface area contributed by atoms with Crippen LogP contribution in [0.15, 0.2) is 48.5 Å². The number of hydrogen-bond acceptors (Lipinski definition) is 5. The first-order valence-corrected chi connectivity index (χ1v) is 7.51. The first-order valence-electron chi connectivity index (χ1n) is 7.51. The van der Waals surface area contributed by atoms with Gasteiger partial charge < -0.3 is 18.9 Å². The molecule has 0 saturated carbocycles. The minimum absolute atomic E-state index is 0.374. The topological polar surface area (TPSA) is 54.0 Å². The molecule has 0 saturated heterocycles. The van der Waals surface area contributed by atoms with Gasteiger partial charge in [-0.15, -0.1) is 0 Å². The molecule has 0 atom stereocenters. The van der Waals surface area contributed by atoms with Gasteiger partial charge in [0.15, 0.2) is 23.0 Å². The summed E-state index contributed by atoms with van der Waals surface area (Å²) < 4.78 is 21.2. The van der Waals surface area contributed by atoms with Crippen LogP contribution < -0.4 is 18.9 Å². The molecule has 2 rings (SSSR count). The van der Waals surface area contributed by atoms with Gasteiger partial charge in [0.05, 0.1) is 20.8 Å². The molecular weight excluding hydrogens is 308 g/mol. The molecule has 0 unspecified atom stereocenters. The molecule has 0 heterocycles. The van der Waals surface area contributed by atoms with E-state index in [0.29, 0.717) is 29.6 Å².